The molecule has 1 fully saturated rings. The minimum Gasteiger partial charge on any atom is -0.368 e. The van der Waals surface area contributed by atoms with Crippen molar-refractivity contribution in [2.24, 2.45) is 5.92 Å². The highest BCUT2D eigenvalue weighted by atomic mass is 19.1. The summed E-state index contributed by atoms with van der Waals surface area (Å²) in [6.45, 7) is 7.30. The minimum absolute atomic E-state index is 0.108. The first kappa shape index (κ1) is 14.8. The SMILES string of the molecule is CCNc1nccc(C(=O)N2CCCC(C)C2C)c1F. The van der Waals surface area contributed by atoms with Crippen LogP contribution in [-0.4, -0.2) is 34.9 Å². The quantitative estimate of drug-likeness (QED) is 0.925. The second-order valence-corrected chi connectivity index (χ2v) is 5.41. The van der Waals surface area contributed by atoms with E-state index in [2.05, 4.69) is 17.2 Å². The topological polar surface area (TPSA) is 45.2 Å². The summed E-state index contributed by atoms with van der Waals surface area (Å²) in [6.07, 6.45) is 3.57. The summed E-state index contributed by atoms with van der Waals surface area (Å²) in [5.74, 6) is -0.185. The maximum Gasteiger partial charge on any atom is 0.257 e. The molecule has 2 unspecified atom stereocenters. The largest absolute Gasteiger partial charge is 0.368 e. The van der Waals surface area contributed by atoms with Gasteiger partial charge in [-0.25, -0.2) is 9.37 Å². The van der Waals surface area contributed by atoms with Gasteiger partial charge in [-0.1, -0.05) is 6.92 Å². The number of piperidine rings is 1. The Morgan fingerprint density at radius 1 is 1.55 bits per heavy atom. The Kier molecular flexibility index (Phi) is 4.57. The number of amides is 1. The third kappa shape index (κ3) is 2.76. The van der Waals surface area contributed by atoms with E-state index in [1.807, 2.05) is 13.8 Å². The Morgan fingerprint density at radius 2 is 2.30 bits per heavy atom. The normalized spacial score (nSPS) is 22.7. The van der Waals surface area contributed by atoms with Crippen molar-refractivity contribution in [3.8, 4) is 0 Å². The van der Waals surface area contributed by atoms with Crippen LogP contribution in [0.25, 0.3) is 0 Å². The van der Waals surface area contributed by atoms with Crippen LogP contribution in [0.3, 0.4) is 0 Å². The molecule has 1 aliphatic heterocycles. The lowest BCUT2D eigenvalue weighted by molar-refractivity contribution is 0.0546. The predicted octanol–water partition coefficient (Wildman–Crippen LogP) is 2.91. The molecule has 0 radical (unpaired) electrons. The molecular formula is C15H22FN3O. The zero-order valence-corrected chi connectivity index (χ0v) is 12.3. The fraction of sp³-hybridized carbons (Fsp3) is 0.600. The van der Waals surface area contributed by atoms with Crippen LogP contribution in [0, 0.1) is 11.7 Å². The van der Waals surface area contributed by atoms with E-state index in [4.69, 9.17) is 0 Å². The van der Waals surface area contributed by atoms with Crippen molar-refractivity contribution in [3.63, 3.8) is 0 Å². The smallest absolute Gasteiger partial charge is 0.257 e. The Bertz CT molecular complexity index is 492. The lowest BCUT2D eigenvalue weighted by Crippen LogP contribution is -2.46. The number of hydrogen-bond acceptors (Lipinski definition) is 3. The van der Waals surface area contributed by atoms with E-state index in [0.29, 0.717) is 19.0 Å². The highest BCUT2D eigenvalue weighted by molar-refractivity contribution is 5.95. The van der Waals surface area contributed by atoms with Crippen molar-refractivity contribution in [2.45, 2.75) is 39.7 Å². The molecule has 0 saturated carbocycles. The van der Waals surface area contributed by atoms with Crippen LogP contribution in [0.1, 0.15) is 44.0 Å². The Hall–Kier alpha value is -1.65. The minimum atomic E-state index is -0.551. The number of nitrogens with one attached hydrogen (secondary N) is 1. The van der Waals surface area contributed by atoms with Gasteiger partial charge in [0.1, 0.15) is 0 Å². The predicted molar refractivity (Wildman–Crippen MR) is 77.3 cm³/mol. The third-order valence-corrected chi connectivity index (χ3v) is 4.10. The number of carbonyl (C=O) groups is 1. The van der Waals surface area contributed by atoms with Crippen LogP contribution in [-0.2, 0) is 0 Å². The molecule has 1 saturated heterocycles. The molecule has 5 heteroatoms. The van der Waals surface area contributed by atoms with E-state index >= 15 is 0 Å². The van der Waals surface area contributed by atoms with Crippen molar-refractivity contribution in [3.05, 3.63) is 23.6 Å². The zero-order valence-electron chi connectivity index (χ0n) is 12.3. The molecule has 2 heterocycles. The van der Waals surface area contributed by atoms with Crippen LogP contribution in [0.4, 0.5) is 10.2 Å². The van der Waals surface area contributed by atoms with Gasteiger partial charge in [-0.05, 0) is 38.7 Å². The number of anilines is 1. The molecule has 1 aliphatic rings. The molecule has 0 bridgehead atoms. The highest BCUT2D eigenvalue weighted by Gasteiger charge is 2.30. The summed E-state index contributed by atoms with van der Waals surface area (Å²) in [5.41, 5.74) is 0.108. The fourth-order valence-electron chi connectivity index (χ4n) is 2.68. The Balaban J connectivity index is 2.26. The van der Waals surface area contributed by atoms with Crippen molar-refractivity contribution in [2.75, 3.05) is 18.4 Å². The number of nitrogens with zero attached hydrogens (tertiary/aromatic N) is 2. The lowest BCUT2D eigenvalue weighted by Gasteiger charge is -2.38. The summed E-state index contributed by atoms with van der Waals surface area (Å²) < 4.78 is 14.3. The number of aromatic nitrogens is 1. The van der Waals surface area contributed by atoms with Gasteiger partial charge >= 0.3 is 0 Å². The monoisotopic (exact) mass is 279 g/mol. The highest BCUT2D eigenvalue weighted by Crippen LogP contribution is 2.26. The van der Waals surface area contributed by atoms with E-state index in [1.54, 1.807) is 4.90 Å². The first-order valence-electron chi connectivity index (χ1n) is 7.25. The van der Waals surface area contributed by atoms with Crippen molar-refractivity contribution in [1.29, 1.82) is 0 Å². The molecule has 0 aliphatic carbocycles. The van der Waals surface area contributed by atoms with E-state index in [9.17, 15) is 9.18 Å². The standard InChI is InChI=1S/C15H22FN3O/c1-4-17-14-13(16)12(7-8-18-14)15(20)19-9-5-6-10(2)11(19)3/h7-8,10-11H,4-6,9H2,1-3H3,(H,17,18). The van der Waals surface area contributed by atoms with Crippen molar-refractivity contribution in [1.82, 2.24) is 9.88 Å². The molecule has 4 nitrogen and oxygen atoms in total. The van der Waals surface area contributed by atoms with E-state index < -0.39 is 5.82 Å². The third-order valence-electron chi connectivity index (χ3n) is 4.10. The average molecular weight is 279 g/mol. The second-order valence-electron chi connectivity index (χ2n) is 5.41. The summed E-state index contributed by atoms with van der Waals surface area (Å²) in [7, 11) is 0. The van der Waals surface area contributed by atoms with Gasteiger partial charge in [0.15, 0.2) is 11.6 Å². The Labute approximate surface area is 119 Å². The van der Waals surface area contributed by atoms with E-state index in [0.717, 1.165) is 12.8 Å². The van der Waals surface area contributed by atoms with Crippen LogP contribution in [0.5, 0.6) is 0 Å². The molecule has 2 rings (SSSR count). The van der Waals surface area contributed by atoms with Gasteiger partial charge in [-0.3, -0.25) is 4.79 Å². The average Bonchev–Trinajstić information content (AvgIpc) is 2.44. The Morgan fingerprint density at radius 3 is 3.00 bits per heavy atom. The van der Waals surface area contributed by atoms with Crippen LogP contribution >= 0.6 is 0 Å². The maximum atomic E-state index is 14.3. The number of rotatable bonds is 3. The van der Waals surface area contributed by atoms with E-state index in [1.165, 1.54) is 12.3 Å². The van der Waals surface area contributed by atoms with E-state index in [-0.39, 0.29) is 23.3 Å². The molecule has 2 atom stereocenters. The van der Waals surface area contributed by atoms with Gasteiger partial charge < -0.3 is 10.2 Å². The van der Waals surface area contributed by atoms with Gasteiger partial charge in [0.2, 0.25) is 0 Å². The molecule has 1 N–H and O–H groups in total. The molecule has 0 aromatic carbocycles. The molecular weight excluding hydrogens is 257 g/mol. The van der Waals surface area contributed by atoms with Gasteiger partial charge in [0.05, 0.1) is 5.56 Å². The lowest BCUT2D eigenvalue weighted by atomic mass is 9.91. The van der Waals surface area contributed by atoms with Crippen molar-refractivity contribution >= 4 is 11.7 Å². The molecule has 110 valence electrons. The van der Waals surface area contributed by atoms with Crippen molar-refractivity contribution < 1.29 is 9.18 Å². The van der Waals surface area contributed by atoms with Gasteiger partial charge in [0.25, 0.3) is 5.91 Å². The van der Waals surface area contributed by atoms with Crippen LogP contribution in [0.15, 0.2) is 12.3 Å². The molecule has 1 aromatic rings. The number of pyridine rings is 1. The molecule has 1 amide bonds. The summed E-state index contributed by atoms with van der Waals surface area (Å²) in [4.78, 5) is 18.3. The van der Waals surface area contributed by atoms with Crippen LogP contribution < -0.4 is 5.32 Å². The number of likely N-dealkylation sites (tertiary alicyclic amines) is 1. The zero-order chi connectivity index (χ0) is 14.7. The summed E-state index contributed by atoms with van der Waals surface area (Å²) in [5, 5.41) is 2.84. The first-order chi connectivity index (χ1) is 9.56. The second kappa shape index (κ2) is 6.20. The summed E-state index contributed by atoms with van der Waals surface area (Å²) in [6, 6.07) is 1.61. The maximum absolute atomic E-state index is 14.3. The molecule has 0 spiro atoms. The van der Waals surface area contributed by atoms with Gasteiger partial charge in [0, 0.05) is 25.3 Å². The first-order valence-corrected chi connectivity index (χ1v) is 7.25. The van der Waals surface area contributed by atoms with Gasteiger partial charge in [-0.15, -0.1) is 0 Å². The van der Waals surface area contributed by atoms with Gasteiger partial charge in [-0.2, -0.15) is 0 Å². The number of carbonyl (C=O) groups excluding carboxylic acids is 1. The summed E-state index contributed by atoms with van der Waals surface area (Å²) >= 11 is 0. The fourth-order valence-corrected chi connectivity index (χ4v) is 2.68. The number of halogens is 1. The van der Waals surface area contributed by atoms with Crippen LogP contribution in [0.2, 0.25) is 0 Å². The molecule has 20 heavy (non-hydrogen) atoms. The number of hydrogen-bond donors (Lipinski definition) is 1. The molecule has 1 aromatic heterocycles.